The van der Waals surface area contributed by atoms with Crippen LogP contribution in [-0.4, -0.2) is 10.8 Å². The molecule has 5 nitrogen and oxygen atoms in total. The number of hydrogen-bond acceptors (Lipinski definition) is 3. The van der Waals surface area contributed by atoms with E-state index in [2.05, 4.69) is 21.2 Å². The minimum absolute atomic E-state index is 0.137. The van der Waals surface area contributed by atoms with Crippen LogP contribution in [0.25, 0.3) is 10.8 Å². The van der Waals surface area contributed by atoms with E-state index in [0.29, 0.717) is 5.56 Å². The molecule has 0 atom stereocenters. The van der Waals surface area contributed by atoms with Gasteiger partial charge in [0.05, 0.1) is 4.92 Å². The number of fused-ring (bicyclic) bond motifs is 1. The zero-order chi connectivity index (χ0) is 16.4. The molecule has 0 radical (unpaired) electrons. The van der Waals surface area contributed by atoms with E-state index < -0.39 is 4.92 Å². The number of benzene rings is 3. The first kappa shape index (κ1) is 15.2. The Labute approximate surface area is 140 Å². The van der Waals surface area contributed by atoms with Gasteiger partial charge in [0.1, 0.15) is 5.69 Å². The van der Waals surface area contributed by atoms with E-state index >= 15 is 0 Å². The first-order chi connectivity index (χ1) is 11.1. The molecule has 3 aromatic carbocycles. The summed E-state index contributed by atoms with van der Waals surface area (Å²) in [4.78, 5) is 23.1. The quantitative estimate of drug-likeness (QED) is 0.533. The van der Waals surface area contributed by atoms with Crippen molar-refractivity contribution in [1.29, 1.82) is 0 Å². The number of nitrogens with one attached hydrogen (secondary N) is 1. The van der Waals surface area contributed by atoms with Gasteiger partial charge in [0.25, 0.3) is 11.6 Å². The number of nitro groups is 1. The molecule has 0 heterocycles. The minimum atomic E-state index is -0.519. The molecule has 0 aliphatic heterocycles. The summed E-state index contributed by atoms with van der Waals surface area (Å²) < 4.78 is 0.885. The fourth-order valence-corrected chi connectivity index (χ4v) is 2.90. The number of nitrogens with zero attached hydrogens (tertiary/aromatic N) is 1. The third kappa shape index (κ3) is 2.93. The maximum absolute atomic E-state index is 12.6. The summed E-state index contributed by atoms with van der Waals surface area (Å²) in [6.07, 6.45) is 0. The predicted molar refractivity (Wildman–Crippen MR) is 92.7 cm³/mol. The maximum Gasteiger partial charge on any atom is 0.292 e. The van der Waals surface area contributed by atoms with E-state index in [1.165, 1.54) is 12.1 Å². The van der Waals surface area contributed by atoms with Crippen molar-refractivity contribution >= 4 is 44.0 Å². The molecule has 0 unspecified atom stereocenters. The van der Waals surface area contributed by atoms with Crippen LogP contribution in [-0.2, 0) is 0 Å². The van der Waals surface area contributed by atoms with E-state index in [-0.39, 0.29) is 17.3 Å². The molecule has 0 aromatic heterocycles. The van der Waals surface area contributed by atoms with Crippen LogP contribution >= 0.6 is 15.9 Å². The Bertz CT molecular complexity index is 925. The van der Waals surface area contributed by atoms with Crippen molar-refractivity contribution in [3.63, 3.8) is 0 Å². The van der Waals surface area contributed by atoms with Gasteiger partial charge in [-0.2, -0.15) is 0 Å². The average molecular weight is 371 g/mol. The van der Waals surface area contributed by atoms with Gasteiger partial charge in [-0.25, -0.2) is 0 Å². The van der Waals surface area contributed by atoms with Gasteiger partial charge < -0.3 is 5.32 Å². The largest absolute Gasteiger partial charge is 0.316 e. The maximum atomic E-state index is 12.6. The lowest BCUT2D eigenvalue weighted by Gasteiger charge is -2.09. The van der Waals surface area contributed by atoms with Crippen LogP contribution in [0, 0.1) is 10.1 Å². The van der Waals surface area contributed by atoms with Crippen LogP contribution in [0.5, 0.6) is 0 Å². The van der Waals surface area contributed by atoms with E-state index in [0.717, 1.165) is 15.2 Å². The Morgan fingerprint density at radius 1 is 0.957 bits per heavy atom. The Morgan fingerprint density at radius 3 is 2.43 bits per heavy atom. The lowest BCUT2D eigenvalue weighted by molar-refractivity contribution is -0.383. The zero-order valence-corrected chi connectivity index (χ0v) is 13.4. The van der Waals surface area contributed by atoms with Gasteiger partial charge in [-0.15, -0.1) is 0 Å². The molecule has 0 saturated carbocycles. The van der Waals surface area contributed by atoms with Crippen LogP contribution in [0.15, 0.2) is 65.1 Å². The van der Waals surface area contributed by atoms with Crippen molar-refractivity contribution in [1.82, 2.24) is 0 Å². The lowest BCUT2D eigenvalue weighted by atomic mass is 10.0. The van der Waals surface area contributed by atoms with Gasteiger partial charge in [-0.05, 0) is 29.0 Å². The number of para-hydroxylation sites is 2. The number of carbonyl (C=O) groups excluding carboxylic acids is 1. The van der Waals surface area contributed by atoms with E-state index in [4.69, 9.17) is 0 Å². The number of amides is 1. The average Bonchev–Trinajstić information content (AvgIpc) is 2.55. The smallest absolute Gasteiger partial charge is 0.292 e. The first-order valence-electron chi connectivity index (χ1n) is 6.80. The standard InChI is InChI=1S/C17H11BrN2O3/c18-14-8-4-5-11-12(14)6-3-7-13(11)17(21)19-15-9-1-2-10-16(15)20(22)23/h1-10H,(H,19,21). The Kier molecular flexibility index (Phi) is 4.08. The fraction of sp³-hybridized carbons (Fsp3) is 0. The van der Waals surface area contributed by atoms with E-state index in [1.807, 2.05) is 24.3 Å². The number of carbonyl (C=O) groups is 1. The summed E-state index contributed by atoms with van der Waals surface area (Å²) in [7, 11) is 0. The van der Waals surface area contributed by atoms with Crippen molar-refractivity contribution in [3.05, 3.63) is 80.8 Å². The van der Waals surface area contributed by atoms with Crippen molar-refractivity contribution in [3.8, 4) is 0 Å². The van der Waals surface area contributed by atoms with Crippen molar-refractivity contribution in [2.75, 3.05) is 5.32 Å². The summed E-state index contributed by atoms with van der Waals surface area (Å²) in [6, 6.07) is 17.0. The van der Waals surface area contributed by atoms with Gasteiger partial charge in [-0.1, -0.05) is 52.3 Å². The third-order valence-corrected chi connectivity index (χ3v) is 4.15. The highest BCUT2D eigenvalue weighted by atomic mass is 79.9. The fourth-order valence-electron chi connectivity index (χ4n) is 2.40. The molecule has 0 spiro atoms. The minimum Gasteiger partial charge on any atom is -0.316 e. The highest BCUT2D eigenvalue weighted by Gasteiger charge is 2.17. The van der Waals surface area contributed by atoms with E-state index in [9.17, 15) is 14.9 Å². The Morgan fingerprint density at radius 2 is 1.65 bits per heavy atom. The van der Waals surface area contributed by atoms with Crippen LogP contribution in [0.4, 0.5) is 11.4 Å². The topological polar surface area (TPSA) is 72.2 Å². The molecule has 0 aliphatic rings. The molecule has 114 valence electrons. The number of anilines is 1. The van der Waals surface area contributed by atoms with Crippen LogP contribution in [0.3, 0.4) is 0 Å². The van der Waals surface area contributed by atoms with Crippen LogP contribution in [0.2, 0.25) is 0 Å². The zero-order valence-electron chi connectivity index (χ0n) is 11.8. The number of nitro benzene ring substituents is 1. The van der Waals surface area contributed by atoms with Gasteiger partial charge in [0.2, 0.25) is 0 Å². The number of halogens is 1. The molecule has 3 aromatic rings. The van der Waals surface area contributed by atoms with Crippen molar-refractivity contribution in [2.45, 2.75) is 0 Å². The van der Waals surface area contributed by atoms with Crippen LogP contribution < -0.4 is 5.32 Å². The molecule has 0 aliphatic carbocycles. The van der Waals surface area contributed by atoms with Crippen molar-refractivity contribution < 1.29 is 9.72 Å². The van der Waals surface area contributed by atoms with Crippen molar-refractivity contribution in [2.24, 2.45) is 0 Å². The summed E-state index contributed by atoms with van der Waals surface area (Å²) in [5.41, 5.74) is 0.499. The second-order valence-electron chi connectivity index (χ2n) is 4.87. The molecule has 0 saturated heterocycles. The summed E-state index contributed by atoms with van der Waals surface area (Å²) >= 11 is 3.46. The molecule has 23 heavy (non-hydrogen) atoms. The normalized spacial score (nSPS) is 10.5. The molecule has 1 amide bonds. The van der Waals surface area contributed by atoms with Gasteiger partial charge in [0, 0.05) is 16.1 Å². The molecule has 0 fully saturated rings. The molecular weight excluding hydrogens is 360 g/mol. The highest BCUT2D eigenvalue weighted by Crippen LogP contribution is 2.28. The Balaban J connectivity index is 2.03. The summed E-state index contributed by atoms with van der Waals surface area (Å²) in [5, 5.41) is 15.3. The highest BCUT2D eigenvalue weighted by molar-refractivity contribution is 9.10. The monoisotopic (exact) mass is 370 g/mol. The third-order valence-electron chi connectivity index (χ3n) is 3.46. The van der Waals surface area contributed by atoms with Gasteiger partial charge in [0.15, 0.2) is 0 Å². The molecule has 1 N–H and O–H groups in total. The number of rotatable bonds is 3. The molecule has 0 bridgehead atoms. The van der Waals surface area contributed by atoms with Gasteiger partial charge in [-0.3, -0.25) is 14.9 Å². The van der Waals surface area contributed by atoms with Crippen LogP contribution in [0.1, 0.15) is 10.4 Å². The summed E-state index contributed by atoms with van der Waals surface area (Å²) in [6.45, 7) is 0. The van der Waals surface area contributed by atoms with E-state index in [1.54, 1.807) is 24.3 Å². The predicted octanol–water partition coefficient (Wildman–Crippen LogP) is 4.76. The molecule has 3 rings (SSSR count). The van der Waals surface area contributed by atoms with Gasteiger partial charge >= 0.3 is 0 Å². The number of hydrogen-bond donors (Lipinski definition) is 1. The SMILES string of the molecule is O=C(Nc1ccccc1[N+](=O)[O-])c1cccc2c(Br)cccc12. The molecule has 6 heteroatoms. The Hall–Kier alpha value is -2.73. The first-order valence-corrected chi connectivity index (χ1v) is 7.59. The second kappa shape index (κ2) is 6.18. The molecular formula is C17H11BrN2O3. The lowest BCUT2D eigenvalue weighted by Crippen LogP contribution is -2.13. The second-order valence-corrected chi connectivity index (χ2v) is 5.72. The summed E-state index contributed by atoms with van der Waals surface area (Å²) in [5.74, 6) is -0.386.